The monoisotopic (exact) mass is 225 g/mol. The Bertz CT molecular complexity index is 502. The smallest absolute Gasteiger partial charge is 0.0335 e. The van der Waals surface area contributed by atoms with Crippen molar-refractivity contribution in [3.63, 3.8) is 0 Å². The van der Waals surface area contributed by atoms with Gasteiger partial charge in [-0.3, -0.25) is 0 Å². The van der Waals surface area contributed by atoms with E-state index in [9.17, 15) is 0 Å². The summed E-state index contributed by atoms with van der Waals surface area (Å²) in [5.41, 5.74) is 11.4. The Morgan fingerprint density at radius 3 is 2.47 bits per heavy atom. The zero-order valence-corrected chi connectivity index (χ0v) is 10.5. The van der Waals surface area contributed by atoms with E-state index >= 15 is 0 Å². The van der Waals surface area contributed by atoms with Crippen LogP contribution in [0.5, 0.6) is 0 Å². The molecule has 0 aliphatic carbocycles. The summed E-state index contributed by atoms with van der Waals surface area (Å²) in [5.74, 6) is 0. The molecule has 0 heterocycles. The molecule has 0 radical (unpaired) electrons. The van der Waals surface area contributed by atoms with Crippen molar-refractivity contribution in [2.45, 2.75) is 26.3 Å². The maximum absolute atomic E-state index is 6.26. The predicted molar refractivity (Wildman–Crippen MR) is 73.0 cm³/mol. The van der Waals surface area contributed by atoms with Crippen LogP contribution in [-0.4, -0.2) is 0 Å². The first-order valence-corrected chi connectivity index (χ1v) is 6.03. The molecule has 1 heteroatoms. The van der Waals surface area contributed by atoms with Crippen LogP contribution >= 0.6 is 0 Å². The van der Waals surface area contributed by atoms with Crippen LogP contribution in [0.15, 0.2) is 48.5 Å². The van der Waals surface area contributed by atoms with Gasteiger partial charge in [-0.2, -0.15) is 0 Å². The highest BCUT2D eigenvalue weighted by Gasteiger charge is 2.08. The van der Waals surface area contributed by atoms with Crippen molar-refractivity contribution in [3.8, 4) is 0 Å². The van der Waals surface area contributed by atoms with Crippen molar-refractivity contribution in [1.82, 2.24) is 0 Å². The summed E-state index contributed by atoms with van der Waals surface area (Å²) < 4.78 is 0. The van der Waals surface area contributed by atoms with Crippen LogP contribution in [-0.2, 0) is 6.42 Å². The maximum Gasteiger partial charge on any atom is 0.0335 e. The van der Waals surface area contributed by atoms with Crippen molar-refractivity contribution in [1.29, 1.82) is 0 Å². The number of hydrogen-bond acceptors (Lipinski definition) is 1. The van der Waals surface area contributed by atoms with Crippen molar-refractivity contribution in [2.24, 2.45) is 5.73 Å². The average Bonchev–Trinajstić information content (AvgIpc) is 2.32. The van der Waals surface area contributed by atoms with Gasteiger partial charge in [0.25, 0.3) is 0 Å². The first-order valence-electron chi connectivity index (χ1n) is 6.03. The highest BCUT2D eigenvalue weighted by molar-refractivity contribution is 5.30. The topological polar surface area (TPSA) is 26.0 Å². The quantitative estimate of drug-likeness (QED) is 0.849. The van der Waals surface area contributed by atoms with Gasteiger partial charge in [-0.05, 0) is 37.0 Å². The number of nitrogens with two attached hydrogens (primary N) is 1. The van der Waals surface area contributed by atoms with E-state index in [0.29, 0.717) is 0 Å². The van der Waals surface area contributed by atoms with Gasteiger partial charge >= 0.3 is 0 Å². The van der Waals surface area contributed by atoms with E-state index in [1.165, 1.54) is 22.3 Å². The van der Waals surface area contributed by atoms with E-state index in [4.69, 9.17) is 5.73 Å². The largest absolute Gasteiger partial charge is 0.324 e. The third kappa shape index (κ3) is 2.95. The average molecular weight is 225 g/mol. The van der Waals surface area contributed by atoms with Crippen LogP contribution in [0.2, 0.25) is 0 Å². The van der Waals surface area contributed by atoms with Crippen LogP contribution in [0.1, 0.15) is 28.3 Å². The molecule has 2 N–H and O–H groups in total. The molecule has 0 fully saturated rings. The molecule has 0 saturated carbocycles. The van der Waals surface area contributed by atoms with Crippen LogP contribution in [0.3, 0.4) is 0 Å². The lowest BCUT2D eigenvalue weighted by Crippen LogP contribution is -2.14. The second kappa shape index (κ2) is 5.15. The molecule has 2 aromatic carbocycles. The summed E-state index contributed by atoms with van der Waals surface area (Å²) in [5, 5.41) is 0. The molecule has 0 amide bonds. The highest BCUT2D eigenvalue weighted by atomic mass is 14.6. The number of rotatable bonds is 3. The SMILES string of the molecule is Cc1cccc(C(N)Cc2ccccc2C)c1. The maximum atomic E-state index is 6.26. The van der Waals surface area contributed by atoms with Gasteiger partial charge in [0.1, 0.15) is 0 Å². The third-order valence-corrected chi connectivity index (χ3v) is 3.17. The van der Waals surface area contributed by atoms with E-state index in [2.05, 4.69) is 62.4 Å². The van der Waals surface area contributed by atoms with Gasteiger partial charge in [0.15, 0.2) is 0 Å². The lowest BCUT2D eigenvalue weighted by molar-refractivity contribution is 0.718. The standard InChI is InChI=1S/C16H19N/c1-12-6-5-9-15(10-12)16(17)11-14-8-4-3-7-13(14)2/h3-10,16H,11,17H2,1-2H3. The molecule has 0 aromatic heterocycles. The Labute approximate surface area is 103 Å². The Morgan fingerprint density at radius 2 is 1.76 bits per heavy atom. The van der Waals surface area contributed by atoms with E-state index in [1.807, 2.05) is 0 Å². The number of benzene rings is 2. The molecular formula is C16H19N. The summed E-state index contributed by atoms with van der Waals surface area (Å²) in [4.78, 5) is 0. The van der Waals surface area contributed by atoms with Crippen LogP contribution < -0.4 is 5.73 Å². The first kappa shape index (κ1) is 11.9. The molecule has 2 rings (SSSR count). The molecule has 0 aliphatic heterocycles. The van der Waals surface area contributed by atoms with Crippen molar-refractivity contribution < 1.29 is 0 Å². The van der Waals surface area contributed by atoms with E-state index in [1.54, 1.807) is 0 Å². The summed E-state index contributed by atoms with van der Waals surface area (Å²) in [6.07, 6.45) is 0.899. The summed E-state index contributed by atoms with van der Waals surface area (Å²) in [7, 11) is 0. The Balaban J connectivity index is 2.17. The fourth-order valence-corrected chi connectivity index (χ4v) is 2.09. The van der Waals surface area contributed by atoms with Gasteiger partial charge in [-0.1, -0.05) is 54.1 Å². The predicted octanol–water partition coefficient (Wildman–Crippen LogP) is 3.55. The molecule has 0 bridgehead atoms. The molecule has 2 aromatic rings. The Morgan fingerprint density at radius 1 is 1.00 bits per heavy atom. The second-order valence-electron chi connectivity index (χ2n) is 4.65. The highest BCUT2D eigenvalue weighted by Crippen LogP contribution is 2.19. The molecular weight excluding hydrogens is 206 g/mol. The molecule has 0 saturated heterocycles. The van der Waals surface area contributed by atoms with Crippen molar-refractivity contribution in [3.05, 3.63) is 70.8 Å². The van der Waals surface area contributed by atoms with E-state index in [-0.39, 0.29) is 6.04 Å². The van der Waals surface area contributed by atoms with Crippen molar-refractivity contribution >= 4 is 0 Å². The van der Waals surface area contributed by atoms with Gasteiger partial charge in [-0.25, -0.2) is 0 Å². The lowest BCUT2D eigenvalue weighted by atomic mass is 9.96. The minimum atomic E-state index is 0.0796. The summed E-state index contributed by atoms with van der Waals surface area (Å²) in [6, 6.07) is 17.0. The number of hydrogen-bond donors (Lipinski definition) is 1. The Hall–Kier alpha value is -1.60. The molecule has 1 atom stereocenters. The summed E-state index contributed by atoms with van der Waals surface area (Å²) in [6.45, 7) is 4.24. The summed E-state index contributed by atoms with van der Waals surface area (Å²) >= 11 is 0. The van der Waals surface area contributed by atoms with E-state index < -0.39 is 0 Å². The fourth-order valence-electron chi connectivity index (χ4n) is 2.09. The van der Waals surface area contributed by atoms with Gasteiger partial charge in [-0.15, -0.1) is 0 Å². The second-order valence-corrected chi connectivity index (χ2v) is 4.65. The minimum Gasteiger partial charge on any atom is -0.324 e. The molecule has 0 aliphatic rings. The van der Waals surface area contributed by atoms with Crippen LogP contribution in [0, 0.1) is 13.8 Å². The zero-order chi connectivity index (χ0) is 12.3. The van der Waals surface area contributed by atoms with Gasteiger partial charge < -0.3 is 5.73 Å². The first-order chi connectivity index (χ1) is 8.16. The fraction of sp³-hybridized carbons (Fsp3) is 0.250. The van der Waals surface area contributed by atoms with E-state index in [0.717, 1.165) is 6.42 Å². The zero-order valence-electron chi connectivity index (χ0n) is 10.5. The molecule has 1 unspecified atom stereocenters. The van der Waals surface area contributed by atoms with Crippen molar-refractivity contribution in [2.75, 3.05) is 0 Å². The third-order valence-electron chi connectivity index (χ3n) is 3.17. The molecule has 0 spiro atoms. The van der Waals surface area contributed by atoms with Gasteiger partial charge in [0.05, 0.1) is 0 Å². The van der Waals surface area contributed by atoms with Gasteiger partial charge in [0.2, 0.25) is 0 Å². The number of aryl methyl sites for hydroxylation is 2. The molecule has 17 heavy (non-hydrogen) atoms. The minimum absolute atomic E-state index is 0.0796. The van der Waals surface area contributed by atoms with Crippen LogP contribution in [0.4, 0.5) is 0 Å². The van der Waals surface area contributed by atoms with Gasteiger partial charge in [0, 0.05) is 6.04 Å². The lowest BCUT2D eigenvalue weighted by Gasteiger charge is -2.14. The normalized spacial score (nSPS) is 12.4. The molecule has 1 nitrogen and oxygen atoms in total. The molecule has 88 valence electrons. The van der Waals surface area contributed by atoms with Crippen LogP contribution in [0.25, 0.3) is 0 Å². The Kier molecular flexibility index (Phi) is 3.60.